The standard InChI is InChI=1S/C16H26ClNO2/c1-15(2,3)13-9-12(11-17)10-14(18-13)20-8-7-16(4,5)19-6/h9-10H,7-8,11H2,1-6H3. The number of aromatic nitrogens is 1. The molecule has 114 valence electrons. The largest absolute Gasteiger partial charge is 0.478 e. The van der Waals surface area contributed by atoms with Crippen LogP contribution in [0.4, 0.5) is 0 Å². The highest BCUT2D eigenvalue weighted by Crippen LogP contribution is 2.25. The maximum atomic E-state index is 5.95. The predicted octanol–water partition coefficient (Wildman–Crippen LogP) is 4.31. The number of pyridine rings is 1. The number of alkyl halides is 1. The first-order valence-corrected chi connectivity index (χ1v) is 7.47. The SMILES string of the molecule is COC(C)(C)CCOc1cc(CCl)cc(C(C)(C)C)n1. The monoisotopic (exact) mass is 299 g/mol. The first-order chi connectivity index (χ1) is 9.18. The first kappa shape index (κ1) is 17.3. The van der Waals surface area contributed by atoms with E-state index in [9.17, 15) is 0 Å². The maximum Gasteiger partial charge on any atom is 0.213 e. The summed E-state index contributed by atoms with van der Waals surface area (Å²) < 4.78 is 11.1. The van der Waals surface area contributed by atoms with Crippen LogP contribution in [-0.2, 0) is 16.0 Å². The highest BCUT2D eigenvalue weighted by Gasteiger charge is 2.19. The Morgan fingerprint density at radius 1 is 1.15 bits per heavy atom. The molecule has 0 fully saturated rings. The van der Waals surface area contributed by atoms with Gasteiger partial charge < -0.3 is 9.47 Å². The fourth-order valence-electron chi connectivity index (χ4n) is 1.60. The molecule has 0 unspecified atom stereocenters. The lowest BCUT2D eigenvalue weighted by Gasteiger charge is -2.23. The zero-order chi connectivity index (χ0) is 15.4. The van der Waals surface area contributed by atoms with Crippen LogP contribution in [0.25, 0.3) is 0 Å². The minimum atomic E-state index is -0.184. The highest BCUT2D eigenvalue weighted by atomic mass is 35.5. The number of halogens is 1. The first-order valence-electron chi connectivity index (χ1n) is 6.93. The van der Waals surface area contributed by atoms with Gasteiger partial charge >= 0.3 is 0 Å². The molecule has 0 amide bonds. The molecular weight excluding hydrogens is 274 g/mol. The number of nitrogens with zero attached hydrogens (tertiary/aromatic N) is 1. The molecule has 0 saturated heterocycles. The third kappa shape index (κ3) is 5.29. The van der Waals surface area contributed by atoms with Crippen LogP contribution in [0.15, 0.2) is 12.1 Å². The summed E-state index contributed by atoms with van der Waals surface area (Å²) in [4.78, 5) is 4.58. The molecule has 0 radical (unpaired) electrons. The van der Waals surface area contributed by atoms with E-state index >= 15 is 0 Å². The number of ether oxygens (including phenoxy) is 2. The molecule has 1 aromatic rings. The topological polar surface area (TPSA) is 31.4 Å². The second-order valence-corrected chi connectivity index (χ2v) is 6.91. The van der Waals surface area contributed by atoms with Gasteiger partial charge in [-0.3, -0.25) is 0 Å². The minimum Gasteiger partial charge on any atom is -0.478 e. The van der Waals surface area contributed by atoms with Crippen molar-refractivity contribution in [1.29, 1.82) is 0 Å². The van der Waals surface area contributed by atoms with Crippen LogP contribution in [-0.4, -0.2) is 24.3 Å². The molecule has 0 aliphatic carbocycles. The quantitative estimate of drug-likeness (QED) is 0.733. The minimum absolute atomic E-state index is 0.0218. The molecular formula is C16H26ClNO2. The Morgan fingerprint density at radius 3 is 2.30 bits per heavy atom. The molecule has 20 heavy (non-hydrogen) atoms. The van der Waals surface area contributed by atoms with E-state index in [2.05, 4.69) is 25.8 Å². The van der Waals surface area contributed by atoms with Gasteiger partial charge in [0.05, 0.1) is 17.9 Å². The zero-order valence-electron chi connectivity index (χ0n) is 13.4. The van der Waals surface area contributed by atoms with Gasteiger partial charge in [-0.2, -0.15) is 0 Å². The van der Waals surface area contributed by atoms with Crippen molar-refractivity contribution < 1.29 is 9.47 Å². The Morgan fingerprint density at radius 2 is 1.80 bits per heavy atom. The Labute approximate surface area is 127 Å². The Kier molecular flexibility index (Phi) is 5.84. The van der Waals surface area contributed by atoms with Crippen LogP contribution in [0.5, 0.6) is 5.88 Å². The van der Waals surface area contributed by atoms with Crippen molar-refractivity contribution in [2.45, 2.75) is 57.9 Å². The van der Waals surface area contributed by atoms with Crippen LogP contribution < -0.4 is 4.74 Å². The van der Waals surface area contributed by atoms with Crippen molar-refractivity contribution in [2.75, 3.05) is 13.7 Å². The molecule has 1 rings (SSSR count). The summed E-state index contributed by atoms with van der Waals surface area (Å²) in [6.45, 7) is 11.0. The molecule has 0 bridgehead atoms. The molecule has 1 heterocycles. The van der Waals surface area contributed by atoms with Gasteiger partial charge in [0, 0.05) is 30.9 Å². The normalized spacial score (nSPS) is 12.6. The van der Waals surface area contributed by atoms with Gasteiger partial charge in [-0.05, 0) is 25.5 Å². The van der Waals surface area contributed by atoms with Gasteiger partial charge in [0.15, 0.2) is 0 Å². The predicted molar refractivity (Wildman–Crippen MR) is 83.7 cm³/mol. The van der Waals surface area contributed by atoms with Crippen LogP contribution in [0, 0.1) is 0 Å². The van der Waals surface area contributed by atoms with Crippen molar-refractivity contribution >= 4 is 11.6 Å². The molecule has 4 heteroatoms. The molecule has 0 saturated carbocycles. The van der Waals surface area contributed by atoms with Crippen molar-refractivity contribution in [3.05, 3.63) is 23.4 Å². The van der Waals surface area contributed by atoms with Gasteiger partial charge in [0.1, 0.15) is 0 Å². The van der Waals surface area contributed by atoms with Gasteiger partial charge in [-0.15, -0.1) is 11.6 Å². The van der Waals surface area contributed by atoms with E-state index in [1.54, 1.807) is 7.11 Å². The molecule has 0 aromatic carbocycles. The number of rotatable bonds is 6. The molecule has 0 N–H and O–H groups in total. The second kappa shape index (κ2) is 6.77. The number of hydrogen-bond donors (Lipinski definition) is 0. The van der Waals surface area contributed by atoms with Crippen molar-refractivity contribution in [3.8, 4) is 5.88 Å². The summed E-state index contributed by atoms with van der Waals surface area (Å²) in [5.74, 6) is 1.10. The van der Waals surface area contributed by atoms with Crippen molar-refractivity contribution in [2.24, 2.45) is 0 Å². The number of methoxy groups -OCH3 is 1. The average Bonchev–Trinajstić information content (AvgIpc) is 2.37. The van der Waals surface area contributed by atoms with E-state index in [1.807, 2.05) is 26.0 Å². The van der Waals surface area contributed by atoms with Crippen molar-refractivity contribution in [1.82, 2.24) is 4.98 Å². The van der Waals surface area contributed by atoms with Gasteiger partial charge in [-0.1, -0.05) is 20.8 Å². The maximum absolute atomic E-state index is 5.95. The summed E-state index contributed by atoms with van der Waals surface area (Å²) in [6, 6.07) is 3.95. The van der Waals surface area contributed by atoms with E-state index in [0.717, 1.165) is 17.7 Å². The Bertz CT molecular complexity index is 439. The lowest BCUT2D eigenvalue weighted by molar-refractivity contribution is 0.00505. The van der Waals surface area contributed by atoms with Crippen LogP contribution >= 0.6 is 11.6 Å². The van der Waals surface area contributed by atoms with E-state index in [0.29, 0.717) is 18.4 Å². The summed E-state index contributed by atoms with van der Waals surface area (Å²) in [6.07, 6.45) is 0.807. The van der Waals surface area contributed by atoms with Crippen LogP contribution in [0.1, 0.15) is 52.3 Å². The van der Waals surface area contributed by atoms with E-state index in [-0.39, 0.29) is 11.0 Å². The van der Waals surface area contributed by atoms with Gasteiger partial charge in [0.2, 0.25) is 5.88 Å². The fraction of sp³-hybridized carbons (Fsp3) is 0.688. The summed E-state index contributed by atoms with van der Waals surface area (Å²) >= 11 is 5.95. The number of hydrogen-bond acceptors (Lipinski definition) is 3. The molecule has 0 atom stereocenters. The second-order valence-electron chi connectivity index (χ2n) is 6.64. The van der Waals surface area contributed by atoms with Gasteiger partial charge in [0.25, 0.3) is 0 Å². The summed E-state index contributed by atoms with van der Waals surface area (Å²) in [5.41, 5.74) is 1.83. The summed E-state index contributed by atoms with van der Waals surface area (Å²) in [5, 5.41) is 0. The van der Waals surface area contributed by atoms with Crippen molar-refractivity contribution in [3.63, 3.8) is 0 Å². The lowest BCUT2D eigenvalue weighted by atomic mass is 9.91. The van der Waals surface area contributed by atoms with E-state index < -0.39 is 0 Å². The van der Waals surface area contributed by atoms with E-state index in [4.69, 9.17) is 21.1 Å². The fourth-order valence-corrected chi connectivity index (χ4v) is 1.75. The molecule has 0 aliphatic heterocycles. The Balaban J connectivity index is 2.80. The third-order valence-corrected chi connectivity index (χ3v) is 3.60. The molecule has 1 aromatic heterocycles. The zero-order valence-corrected chi connectivity index (χ0v) is 14.2. The smallest absolute Gasteiger partial charge is 0.213 e. The van der Waals surface area contributed by atoms with Crippen LogP contribution in [0.3, 0.4) is 0 Å². The third-order valence-electron chi connectivity index (χ3n) is 3.29. The summed E-state index contributed by atoms with van der Waals surface area (Å²) in [7, 11) is 1.71. The molecule has 0 aliphatic rings. The lowest BCUT2D eigenvalue weighted by Crippen LogP contribution is -2.25. The molecule has 3 nitrogen and oxygen atoms in total. The average molecular weight is 300 g/mol. The Hall–Kier alpha value is -0.800. The van der Waals surface area contributed by atoms with E-state index in [1.165, 1.54) is 0 Å². The van der Waals surface area contributed by atoms with Gasteiger partial charge in [-0.25, -0.2) is 4.98 Å². The molecule has 0 spiro atoms. The highest BCUT2D eigenvalue weighted by molar-refractivity contribution is 6.17. The van der Waals surface area contributed by atoms with Crippen LogP contribution in [0.2, 0.25) is 0 Å².